The first kappa shape index (κ1) is 13.3. The lowest BCUT2D eigenvalue weighted by Gasteiger charge is -2.47. The third kappa shape index (κ3) is 2.62. The molecule has 3 aliphatic heterocycles. The molecule has 0 amide bonds. The third-order valence-corrected chi connectivity index (χ3v) is 4.34. The van der Waals surface area contributed by atoms with E-state index in [0.717, 1.165) is 37.4 Å². The lowest BCUT2D eigenvalue weighted by atomic mass is 10.1. The molecule has 1 aromatic carbocycles. The first-order valence-corrected chi connectivity index (χ1v) is 7.09. The minimum atomic E-state index is -0.351. The van der Waals surface area contributed by atoms with Gasteiger partial charge in [-0.2, -0.15) is 0 Å². The maximum atomic E-state index is 10.7. The Morgan fingerprint density at radius 3 is 2.65 bits per heavy atom. The molecule has 108 valence electrons. The minimum absolute atomic E-state index is 0.152. The molecule has 20 heavy (non-hydrogen) atoms. The smallest absolute Gasteiger partial charge is 0.269 e. The number of anilines is 1. The fourth-order valence-corrected chi connectivity index (χ4v) is 3.11. The van der Waals surface area contributed by atoms with E-state index in [0.29, 0.717) is 6.04 Å². The Morgan fingerprint density at radius 1 is 1.35 bits per heavy atom. The van der Waals surface area contributed by atoms with Gasteiger partial charge in [0, 0.05) is 63.1 Å². The van der Waals surface area contributed by atoms with Crippen molar-refractivity contribution < 1.29 is 4.92 Å². The molecule has 4 rings (SSSR count). The van der Waals surface area contributed by atoms with Gasteiger partial charge in [-0.1, -0.05) is 0 Å². The second-order valence-electron chi connectivity index (χ2n) is 5.63. The molecule has 1 N–H and O–H groups in total. The van der Waals surface area contributed by atoms with Gasteiger partial charge in [0.05, 0.1) is 4.92 Å². The van der Waals surface area contributed by atoms with Gasteiger partial charge in [0.1, 0.15) is 0 Å². The molecule has 0 aromatic heterocycles. The first-order chi connectivity index (χ1) is 9.63. The number of nitrogens with zero attached hydrogens (tertiary/aromatic N) is 3. The molecule has 0 aliphatic carbocycles. The number of nitrogens with one attached hydrogen (secondary N) is 1. The van der Waals surface area contributed by atoms with E-state index in [9.17, 15) is 10.1 Å². The quantitative estimate of drug-likeness (QED) is 0.664. The first-order valence-electron chi connectivity index (χ1n) is 7.09. The number of non-ortho nitro benzene ring substituents is 1. The number of rotatable bonds is 4. The summed E-state index contributed by atoms with van der Waals surface area (Å²) in [6, 6.07) is 5.54. The summed E-state index contributed by atoms with van der Waals surface area (Å²) in [6.45, 7) is 8.62. The normalized spacial score (nSPS) is 28.4. The van der Waals surface area contributed by atoms with Crippen LogP contribution in [-0.2, 0) is 0 Å². The summed E-state index contributed by atoms with van der Waals surface area (Å²) in [5.41, 5.74) is 2.07. The number of fused-ring (bicyclic) bond motifs is 3. The van der Waals surface area contributed by atoms with Gasteiger partial charge in [-0.05, 0) is 18.6 Å². The molecular formula is C14H20N4O2. The maximum absolute atomic E-state index is 10.7. The maximum Gasteiger partial charge on any atom is 0.269 e. The van der Waals surface area contributed by atoms with Crippen LogP contribution in [0.2, 0.25) is 0 Å². The Labute approximate surface area is 118 Å². The fourth-order valence-electron chi connectivity index (χ4n) is 3.11. The zero-order valence-electron chi connectivity index (χ0n) is 11.7. The molecule has 1 unspecified atom stereocenters. The van der Waals surface area contributed by atoms with E-state index in [1.807, 2.05) is 13.0 Å². The molecule has 0 saturated carbocycles. The highest BCUT2D eigenvalue weighted by Crippen LogP contribution is 2.22. The van der Waals surface area contributed by atoms with Crippen molar-refractivity contribution in [2.45, 2.75) is 13.0 Å². The lowest BCUT2D eigenvalue weighted by Crippen LogP contribution is -2.62. The largest absolute Gasteiger partial charge is 0.383 e. The molecule has 1 atom stereocenters. The summed E-state index contributed by atoms with van der Waals surface area (Å²) in [5.74, 6) is 0. The van der Waals surface area contributed by atoms with E-state index in [-0.39, 0.29) is 10.6 Å². The van der Waals surface area contributed by atoms with Crippen LogP contribution in [0.3, 0.4) is 0 Å². The zero-order valence-corrected chi connectivity index (χ0v) is 11.7. The highest BCUT2D eigenvalue weighted by atomic mass is 16.6. The van der Waals surface area contributed by atoms with Gasteiger partial charge in [-0.25, -0.2) is 0 Å². The van der Waals surface area contributed by atoms with Crippen LogP contribution in [0.5, 0.6) is 0 Å². The average Bonchev–Trinajstić information content (AvgIpc) is 2.47. The Bertz CT molecular complexity index is 512. The minimum Gasteiger partial charge on any atom is -0.383 e. The average molecular weight is 276 g/mol. The van der Waals surface area contributed by atoms with E-state index in [2.05, 4.69) is 15.1 Å². The van der Waals surface area contributed by atoms with Gasteiger partial charge in [0.25, 0.3) is 5.69 Å². The van der Waals surface area contributed by atoms with Crippen LogP contribution < -0.4 is 5.32 Å². The molecule has 0 spiro atoms. The molecule has 1 aromatic rings. The lowest BCUT2D eigenvalue weighted by molar-refractivity contribution is -0.384. The molecule has 3 saturated heterocycles. The predicted molar refractivity (Wildman–Crippen MR) is 78.1 cm³/mol. The highest BCUT2D eigenvalue weighted by Gasteiger charge is 2.31. The van der Waals surface area contributed by atoms with Crippen molar-refractivity contribution in [2.75, 3.05) is 44.6 Å². The Morgan fingerprint density at radius 2 is 2.10 bits per heavy atom. The summed E-state index contributed by atoms with van der Waals surface area (Å²) >= 11 is 0. The Kier molecular flexibility index (Phi) is 3.58. The van der Waals surface area contributed by atoms with E-state index in [4.69, 9.17) is 0 Å². The SMILES string of the molecule is Cc1cc([N+](=O)[O-])ccc1NCC1CN2CCN1CC2. The molecule has 6 heteroatoms. The van der Waals surface area contributed by atoms with Crippen molar-refractivity contribution in [1.82, 2.24) is 9.80 Å². The van der Waals surface area contributed by atoms with Crippen LogP contribution >= 0.6 is 0 Å². The van der Waals surface area contributed by atoms with Crippen molar-refractivity contribution in [1.29, 1.82) is 0 Å². The monoisotopic (exact) mass is 276 g/mol. The van der Waals surface area contributed by atoms with Gasteiger partial charge in [0.15, 0.2) is 0 Å². The van der Waals surface area contributed by atoms with Gasteiger partial charge in [-0.3, -0.25) is 19.9 Å². The number of nitro benzene ring substituents is 1. The van der Waals surface area contributed by atoms with E-state index < -0.39 is 0 Å². The number of benzene rings is 1. The number of hydrogen-bond acceptors (Lipinski definition) is 5. The van der Waals surface area contributed by atoms with Crippen LogP contribution in [0, 0.1) is 17.0 Å². The van der Waals surface area contributed by atoms with E-state index in [1.165, 1.54) is 13.1 Å². The second kappa shape index (κ2) is 5.38. The van der Waals surface area contributed by atoms with Gasteiger partial charge in [0.2, 0.25) is 0 Å². The summed E-state index contributed by atoms with van der Waals surface area (Å²) < 4.78 is 0. The summed E-state index contributed by atoms with van der Waals surface area (Å²) in [6.07, 6.45) is 0. The number of hydrogen-bond donors (Lipinski definition) is 1. The van der Waals surface area contributed by atoms with E-state index >= 15 is 0 Å². The number of nitro groups is 1. The Hall–Kier alpha value is -1.66. The predicted octanol–water partition coefficient (Wildman–Crippen LogP) is 1.31. The molecule has 6 nitrogen and oxygen atoms in total. The van der Waals surface area contributed by atoms with Crippen molar-refractivity contribution in [3.63, 3.8) is 0 Å². The zero-order chi connectivity index (χ0) is 14.1. The number of aryl methyl sites for hydroxylation is 1. The summed E-state index contributed by atoms with van der Waals surface area (Å²) in [4.78, 5) is 15.4. The standard InChI is InChI=1S/C14H20N4O2/c1-11-8-12(18(19)20)2-3-14(11)15-9-13-10-16-4-6-17(13)7-5-16/h2-3,8,13,15H,4-7,9-10H2,1H3. The van der Waals surface area contributed by atoms with Crippen LogP contribution in [0.25, 0.3) is 0 Å². The Balaban J connectivity index is 1.62. The van der Waals surface area contributed by atoms with Gasteiger partial charge < -0.3 is 5.32 Å². The molecule has 0 radical (unpaired) electrons. The van der Waals surface area contributed by atoms with E-state index in [1.54, 1.807) is 12.1 Å². The van der Waals surface area contributed by atoms with Crippen molar-refractivity contribution in [3.05, 3.63) is 33.9 Å². The molecule has 3 heterocycles. The van der Waals surface area contributed by atoms with Crippen molar-refractivity contribution in [2.24, 2.45) is 0 Å². The number of piperazine rings is 3. The van der Waals surface area contributed by atoms with Crippen LogP contribution in [-0.4, -0.2) is 60.0 Å². The fraction of sp³-hybridized carbons (Fsp3) is 0.571. The molecule has 3 fully saturated rings. The molecular weight excluding hydrogens is 256 g/mol. The van der Waals surface area contributed by atoms with Crippen LogP contribution in [0.4, 0.5) is 11.4 Å². The summed E-state index contributed by atoms with van der Waals surface area (Å²) in [7, 11) is 0. The molecule has 3 aliphatic rings. The van der Waals surface area contributed by atoms with Crippen molar-refractivity contribution >= 4 is 11.4 Å². The van der Waals surface area contributed by atoms with Crippen LogP contribution in [0.15, 0.2) is 18.2 Å². The van der Waals surface area contributed by atoms with Crippen LogP contribution in [0.1, 0.15) is 5.56 Å². The molecule has 2 bridgehead atoms. The topological polar surface area (TPSA) is 61.7 Å². The third-order valence-electron chi connectivity index (χ3n) is 4.34. The van der Waals surface area contributed by atoms with Gasteiger partial charge in [-0.15, -0.1) is 0 Å². The summed E-state index contributed by atoms with van der Waals surface area (Å²) in [5, 5.41) is 14.2. The highest BCUT2D eigenvalue weighted by molar-refractivity contribution is 5.55. The van der Waals surface area contributed by atoms with Crippen molar-refractivity contribution in [3.8, 4) is 0 Å². The second-order valence-corrected chi connectivity index (χ2v) is 5.63. The van der Waals surface area contributed by atoms with Gasteiger partial charge >= 0.3 is 0 Å².